The monoisotopic (exact) mass is 379 g/mol. The summed E-state index contributed by atoms with van der Waals surface area (Å²) in [5.74, 6) is -0.372. The van der Waals surface area contributed by atoms with Gasteiger partial charge < -0.3 is 16.0 Å². The first kappa shape index (κ1) is 19.8. The Morgan fingerprint density at radius 1 is 1.31 bits per heavy atom. The number of halogens is 1. The van der Waals surface area contributed by atoms with Crippen LogP contribution in [0.4, 0.5) is 0 Å². The third-order valence-corrected chi connectivity index (χ3v) is 4.25. The van der Waals surface area contributed by atoms with Gasteiger partial charge in [-0.25, -0.2) is 0 Å². The Balaban J connectivity index is 0.00000243. The largest absolute Gasteiger partial charge is 0.355 e. The number of hydrogen-bond acceptors (Lipinski definition) is 6. The second-order valence-corrected chi connectivity index (χ2v) is 5.94. The predicted octanol–water partition coefficient (Wildman–Crippen LogP) is 0.0112. The fraction of sp³-hybridized carbons (Fsp3) is 0.438. The number of aromatic nitrogens is 4. The van der Waals surface area contributed by atoms with Crippen molar-refractivity contribution in [1.29, 1.82) is 0 Å². The molecule has 1 aromatic heterocycles. The maximum atomic E-state index is 13.0. The summed E-state index contributed by atoms with van der Waals surface area (Å²) in [5, 5.41) is 13.9. The van der Waals surface area contributed by atoms with E-state index in [9.17, 15) is 9.59 Å². The minimum absolute atomic E-state index is 0. The van der Waals surface area contributed by atoms with Crippen LogP contribution in [-0.2, 0) is 4.79 Å². The van der Waals surface area contributed by atoms with Gasteiger partial charge in [0.2, 0.25) is 5.91 Å². The molecule has 1 aromatic carbocycles. The Hall–Kier alpha value is -2.52. The van der Waals surface area contributed by atoms with Gasteiger partial charge in [0.1, 0.15) is 6.33 Å². The molecule has 0 spiro atoms. The van der Waals surface area contributed by atoms with Gasteiger partial charge in [0.05, 0.1) is 17.2 Å². The van der Waals surface area contributed by atoms with Crippen molar-refractivity contribution in [1.82, 2.24) is 30.4 Å². The SMILES string of the molecule is Cl.NCCNC(=O)C1CCCN(C(=O)c2ccccc2-n2cnnn2)C1. The Labute approximate surface area is 157 Å². The smallest absolute Gasteiger partial charge is 0.256 e. The van der Waals surface area contributed by atoms with Crippen LogP contribution >= 0.6 is 12.4 Å². The molecule has 1 saturated heterocycles. The maximum absolute atomic E-state index is 13.0. The molecule has 1 unspecified atom stereocenters. The molecule has 0 radical (unpaired) electrons. The molecule has 1 aliphatic heterocycles. The summed E-state index contributed by atoms with van der Waals surface area (Å²) in [6, 6.07) is 7.17. The molecular formula is C16H22ClN7O2. The molecular weight excluding hydrogens is 358 g/mol. The van der Waals surface area contributed by atoms with Crippen LogP contribution in [-0.4, -0.2) is 63.1 Å². The summed E-state index contributed by atoms with van der Waals surface area (Å²) < 4.78 is 1.46. The minimum Gasteiger partial charge on any atom is -0.355 e. The Morgan fingerprint density at radius 3 is 2.85 bits per heavy atom. The maximum Gasteiger partial charge on any atom is 0.256 e. The first-order chi connectivity index (χ1) is 12.2. The molecule has 1 atom stereocenters. The lowest BCUT2D eigenvalue weighted by molar-refractivity contribution is -0.126. The Kier molecular flexibility index (Phi) is 7.05. The van der Waals surface area contributed by atoms with Crippen LogP contribution in [0.15, 0.2) is 30.6 Å². The zero-order valence-electron chi connectivity index (χ0n) is 14.2. The zero-order valence-corrected chi connectivity index (χ0v) is 15.1. The molecule has 9 nitrogen and oxygen atoms in total. The molecule has 2 amide bonds. The van der Waals surface area contributed by atoms with Crippen molar-refractivity contribution < 1.29 is 9.59 Å². The normalized spacial score (nSPS) is 16.7. The number of tetrazole rings is 1. The van der Waals surface area contributed by atoms with Gasteiger partial charge in [-0.2, -0.15) is 4.68 Å². The number of carbonyl (C=O) groups is 2. The lowest BCUT2D eigenvalue weighted by Gasteiger charge is -2.32. The van der Waals surface area contributed by atoms with Crippen LogP contribution in [0.2, 0.25) is 0 Å². The number of para-hydroxylation sites is 1. The number of amides is 2. The van der Waals surface area contributed by atoms with Crippen LogP contribution < -0.4 is 11.1 Å². The van der Waals surface area contributed by atoms with Crippen molar-refractivity contribution in [2.24, 2.45) is 11.7 Å². The highest BCUT2D eigenvalue weighted by atomic mass is 35.5. The van der Waals surface area contributed by atoms with Gasteiger partial charge >= 0.3 is 0 Å². The molecule has 3 rings (SSSR count). The molecule has 2 heterocycles. The molecule has 0 aliphatic carbocycles. The van der Waals surface area contributed by atoms with Crippen LogP contribution in [0.1, 0.15) is 23.2 Å². The summed E-state index contributed by atoms with van der Waals surface area (Å²) in [4.78, 5) is 26.9. The van der Waals surface area contributed by atoms with Gasteiger partial charge in [0, 0.05) is 26.2 Å². The Morgan fingerprint density at radius 2 is 2.12 bits per heavy atom. The van der Waals surface area contributed by atoms with Crippen LogP contribution in [0.3, 0.4) is 0 Å². The van der Waals surface area contributed by atoms with Crippen molar-refractivity contribution in [2.45, 2.75) is 12.8 Å². The van der Waals surface area contributed by atoms with E-state index in [0.717, 1.165) is 12.8 Å². The molecule has 140 valence electrons. The first-order valence-corrected chi connectivity index (χ1v) is 8.30. The molecule has 10 heteroatoms. The van der Waals surface area contributed by atoms with Crippen molar-refractivity contribution in [3.63, 3.8) is 0 Å². The van der Waals surface area contributed by atoms with E-state index in [1.54, 1.807) is 23.1 Å². The Bertz CT molecular complexity index is 738. The number of nitrogens with one attached hydrogen (secondary N) is 1. The lowest BCUT2D eigenvalue weighted by Crippen LogP contribution is -2.46. The highest BCUT2D eigenvalue weighted by Crippen LogP contribution is 2.21. The van der Waals surface area contributed by atoms with Gasteiger partial charge in [-0.15, -0.1) is 17.5 Å². The molecule has 0 bridgehead atoms. The quantitative estimate of drug-likeness (QED) is 0.755. The lowest BCUT2D eigenvalue weighted by atomic mass is 9.96. The van der Waals surface area contributed by atoms with E-state index in [1.165, 1.54) is 11.0 Å². The molecule has 1 aliphatic rings. The number of nitrogens with zero attached hydrogens (tertiary/aromatic N) is 5. The molecule has 1 fully saturated rings. The zero-order chi connectivity index (χ0) is 17.6. The number of benzene rings is 1. The van der Waals surface area contributed by atoms with Gasteiger partial charge in [0.25, 0.3) is 5.91 Å². The number of nitrogens with two attached hydrogens (primary N) is 1. The summed E-state index contributed by atoms with van der Waals surface area (Å²) in [7, 11) is 0. The number of piperidine rings is 1. The average molecular weight is 380 g/mol. The number of hydrogen-bond donors (Lipinski definition) is 2. The third-order valence-electron chi connectivity index (χ3n) is 4.25. The van der Waals surface area contributed by atoms with Crippen LogP contribution in [0.25, 0.3) is 5.69 Å². The topological polar surface area (TPSA) is 119 Å². The van der Waals surface area contributed by atoms with E-state index in [4.69, 9.17) is 5.73 Å². The van der Waals surface area contributed by atoms with E-state index in [2.05, 4.69) is 20.8 Å². The first-order valence-electron chi connectivity index (χ1n) is 8.30. The highest BCUT2D eigenvalue weighted by Gasteiger charge is 2.29. The van der Waals surface area contributed by atoms with E-state index < -0.39 is 0 Å². The fourth-order valence-electron chi connectivity index (χ4n) is 3.01. The summed E-state index contributed by atoms with van der Waals surface area (Å²) in [6.45, 7) is 1.88. The van der Waals surface area contributed by atoms with Gasteiger partial charge in [-0.3, -0.25) is 9.59 Å². The molecule has 0 saturated carbocycles. The van der Waals surface area contributed by atoms with E-state index in [0.29, 0.717) is 37.4 Å². The number of likely N-dealkylation sites (tertiary alicyclic amines) is 1. The van der Waals surface area contributed by atoms with Gasteiger partial charge in [-0.1, -0.05) is 12.1 Å². The van der Waals surface area contributed by atoms with Gasteiger partial charge in [0.15, 0.2) is 0 Å². The van der Waals surface area contributed by atoms with Crippen molar-refractivity contribution >= 4 is 24.2 Å². The summed E-state index contributed by atoms with van der Waals surface area (Å²) >= 11 is 0. The van der Waals surface area contributed by atoms with Crippen molar-refractivity contribution in [3.05, 3.63) is 36.2 Å². The number of carbonyl (C=O) groups excluding carboxylic acids is 2. The minimum atomic E-state index is -0.204. The predicted molar refractivity (Wildman–Crippen MR) is 97.1 cm³/mol. The molecule has 2 aromatic rings. The summed E-state index contributed by atoms with van der Waals surface area (Å²) in [5.41, 5.74) is 6.55. The average Bonchev–Trinajstić information content (AvgIpc) is 3.20. The molecule has 3 N–H and O–H groups in total. The second kappa shape index (κ2) is 9.25. The molecule has 26 heavy (non-hydrogen) atoms. The highest BCUT2D eigenvalue weighted by molar-refractivity contribution is 5.98. The number of rotatable bonds is 5. The van der Waals surface area contributed by atoms with E-state index >= 15 is 0 Å². The summed E-state index contributed by atoms with van der Waals surface area (Å²) in [6.07, 6.45) is 3.01. The third kappa shape index (κ3) is 4.36. The van der Waals surface area contributed by atoms with Gasteiger partial charge in [-0.05, 0) is 35.4 Å². The van der Waals surface area contributed by atoms with E-state index in [-0.39, 0.29) is 30.1 Å². The standard InChI is InChI=1S/C16H21N7O2.ClH/c17-7-8-18-15(24)12-4-3-9-22(10-12)16(25)13-5-1-2-6-14(13)23-11-19-20-21-23;/h1-2,5-6,11-12H,3-4,7-10,17H2,(H,18,24);1H. The van der Waals surface area contributed by atoms with E-state index in [1.807, 2.05) is 6.07 Å². The van der Waals surface area contributed by atoms with Crippen LogP contribution in [0, 0.1) is 5.92 Å². The fourth-order valence-corrected chi connectivity index (χ4v) is 3.01. The van der Waals surface area contributed by atoms with Crippen molar-refractivity contribution in [3.8, 4) is 5.69 Å². The van der Waals surface area contributed by atoms with Crippen LogP contribution in [0.5, 0.6) is 0 Å². The second-order valence-electron chi connectivity index (χ2n) is 5.94. The van der Waals surface area contributed by atoms with Crippen molar-refractivity contribution in [2.75, 3.05) is 26.2 Å².